The molecule has 0 fully saturated rings. The van der Waals surface area contributed by atoms with E-state index >= 15 is 0 Å². The molecule has 0 bridgehead atoms. The third kappa shape index (κ3) is 4.09. The van der Waals surface area contributed by atoms with Crippen LogP contribution in [0, 0.1) is 5.92 Å². The quantitative estimate of drug-likeness (QED) is 0.790. The van der Waals surface area contributed by atoms with Crippen molar-refractivity contribution in [2.24, 2.45) is 5.92 Å². The fourth-order valence-electron chi connectivity index (χ4n) is 1.82. The summed E-state index contributed by atoms with van der Waals surface area (Å²) in [6.07, 6.45) is 0.650. The van der Waals surface area contributed by atoms with E-state index in [2.05, 4.69) is 43.2 Å². The van der Waals surface area contributed by atoms with Gasteiger partial charge in [-0.2, -0.15) is 4.98 Å². The van der Waals surface area contributed by atoms with Crippen molar-refractivity contribution >= 4 is 0 Å². The first-order valence-corrected chi connectivity index (χ1v) is 6.17. The molecule has 0 amide bonds. The minimum absolute atomic E-state index is 0.0954. The molecule has 2 atom stereocenters. The molecule has 5 nitrogen and oxygen atoms in total. The van der Waals surface area contributed by atoms with Gasteiger partial charge in [0.15, 0.2) is 0 Å². The molecule has 0 radical (unpaired) electrons. The maximum atomic E-state index is 5.36. The molecule has 0 aromatic carbocycles. The molecule has 0 saturated heterocycles. The molecule has 0 aliphatic carbocycles. The smallest absolute Gasteiger partial charge is 0.228 e. The third-order valence-corrected chi connectivity index (χ3v) is 2.63. The van der Waals surface area contributed by atoms with Gasteiger partial charge in [0.1, 0.15) is 6.10 Å². The number of methoxy groups -OCH3 is 1. The molecule has 98 valence electrons. The highest BCUT2D eigenvalue weighted by Gasteiger charge is 2.21. The van der Waals surface area contributed by atoms with Crippen LogP contribution in [-0.2, 0) is 11.2 Å². The van der Waals surface area contributed by atoms with Crippen molar-refractivity contribution in [3.8, 4) is 0 Å². The van der Waals surface area contributed by atoms with Crippen LogP contribution in [0.5, 0.6) is 0 Å². The summed E-state index contributed by atoms with van der Waals surface area (Å²) in [6, 6.07) is 0.341. The summed E-state index contributed by atoms with van der Waals surface area (Å²) in [6.45, 7) is 9.27. The molecule has 0 saturated carbocycles. The number of ether oxygens (including phenoxy) is 1. The predicted octanol–water partition coefficient (Wildman–Crippen LogP) is 1.95. The molecule has 1 N–H and O–H groups in total. The maximum Gasteiger partial charge on any atom is 0.228 e. The first kappa shape index (κ1) is 14.1. The van der Waals surface area contributed by atoms with Gasteiger partial charge in [-0.05, 0) is 19.4 Å². The first-order valence-electron chi connectivity index (χ1n) is 6.17. The molecule has 1 aromatic heterocycles. The van der Waals surface area contributed by atoms with Crippen molar-refractivity contribution in [1.29, 1.82) is 0 Å². The summed E-state index contributed by atoms with van der Waals surface area (Å²) >= 11 is 0. The maximum absolute atomic E-state index is 5.36. The highest BCUT2D eigenvalue weighted by Crippen LogP contribution is 2.22. The summed E-state index contributed by atoms with van der Waals surface area (Å²) in [5.74, 6) is 1.63. The summed E-state index contributed by atoms with van der Waals surface area (Å²) < 4.78 is 10.6. The van der Waals surface area contributed by atoms with Crippen molar-refractivity contribution in [1.82, 2.24) is 15.5 Å². The van der Waals surface area contributed by atoms with Gasteiger partial charge in [-0.3, -0.25) is 0 Å². The Morgan fingerprint density at radius 1 is 1.35 bits per heavy atom. The number of likely N-dealkylation sites (N-methyl/N-ethyl adjacent to an activating group) is 1. The minimum atomic E-state index is -0.0954. The van der Waals surface area contributed by atoms with Crippen LogP contribution in [0.1, 0.15) is 45.5 Å². The second-order valence-corrected chi connectivity index (χ2v) is 4.61. The van der Waals surface area contributed by atoms with E-state index < -0.39 is 0 Å². The molecule has 0 aliphatic rings. The van der Waals surface area contributed by atoms with Crippen LogP contribution in [0.15, 0.2) is 4.52 Å². The number of hydrogen-bond donors (Lipinski definition) is 1. The molecule has 17 heavy (non-hydrogen) atoms. The Bertz CT molecular complexity index is 325. The van der Waals surface area contributed by atoms with Gasteiger partial charge in [0.05, 0.1) is 0 Å². The van der Waals surface area contributed by atoms with Crippen molar-refractivity contribution in [3.63, 3.8) is 0 Å². The summed E-state index contributed by atoms with van der Waals surface area (Å²) in [5, 5.41) is 7.29. The van der Waals surface area contributed by atoms with Crippen molar-refractivity contribution < 1.29 is 9.26 Å². The number of nitrogens with zero attached hydrogens (tertiary/aromatic N) is 2. The van der Waals surface area contributed by atoms with Gasteiger partial charge in [-0.15, -0.1) is 0 Å². The van der Waals surface area contributed by atoms with Gasteiger partial charge in [0.2, 0.25) is 11.7 Å². The lowest BCUT2D eigenvalue weighted by Crippen LogP contribution is -2.27. The standard InChI is InChI=1S/C12H23N3O2/c1-6-13-9(4)7-10-14-12(15-17-10)11(16-5)8(2)3/h8-9,11,13H,6-7H2,1-5H3. The van der Waals surface area contributed by atoms with Gasteiger partial charge in [0.25, 0.3) is 0 Å². The van der Waals surface area contributed by atoms with E-state index in [4.69, 9.17) is 9.26 Å². The van der Waals surface area contributed by atoms with E-state index in [0.29, 0.717) is 23.7 Å². The van der Waals surface area contributed by atoms with Crippen LogP contribution in [0.3, 0.4) is 0 Å². The summed E-state index contributed by atoms with van der Waals surface area (Å²) in [7, 11) is 1.67. The lowest BCUT2D eigenvalue weighted by Gasteiger charge is -2.14. The second-order valence-electron chi connectivity index (χ2n) is 4.61. The molecule has 0 aliphatic heterocycles. The zero-order valence-corrected chi connectivity index (χ0v) is 11.4. The van der Waals surface area contributed by atoms with Crippen molar-refractivity contribution in [3.05, 3.63) is 11.7 Å². The van der Waals surface area contributed by atoms with Gasteiger partial charge in [-0.1, -0.05) is 25.9 Å². The Labute approximate surface area is 103 Å². The molecular formula is C12H23N3O2. The molecule has 1 heterocycles. The van der Waals surface area contributed by atoms with E-state index in [-0.39, 0.29) is 6.10 Å². The van der Waals surface area contributed by atoms with Crippen molar-refractivity contribution in [2.75, 3.05) is 13.7 Å². The fraction of sp³-hybridized carbons (Fsp3) is 0.833. The molecule has 1 aromatic rings. The molecule has 1 rings (SSSR count). The highest BCUT2D eigenvalue weighted by molar-refractivity contribution is 4.94. The predicted molar refractivity (Wildman–Crippen MR) is 65.7 cm³/mol. The van der Waals surface area contributed by atoms with E-state index in [1.54, 1.807) is 7.11 Å². The van der Waals surface area contributed by atoms with Crippen LogP contribution >= 0.6 is 0 Å². The first-order chi connectivity index (χ1) is 8.08. The molecule has 5 heteroatoms. The van der Waals surface area contributed by atoms with Gasteiger partial charge in [-0.25, -0.2) is 0 Å². The second kappa shape index (κ2) is 6.71. The van der Waals surface area contributed by atoms with E-state index in [1.165, 1.54) is 0 Å². The largest absolute Gasteiger partial charge is 0.373 e. The Kier molecular flexibility index (Phi) is 5.58. The van der Waals surface area contributed by atoms with Crippen molar-refractivity contribution in [2.45, 2.75) is 46.3 Å². The van der Waals surface area contributed by atoms with Gasteiger partial charge in [0, 0.05) is 19.6 Å². The highest BCUT2D eigenvalue weighted by atomic mass is 16.5. The Hall–Kier alpha value is -0.940. The number of aromatic nitrogens is 2. The minimum Gasteiger partial charge on any atom is -0.373 e. The van der Waals surface area contributed by atoms with Gasteiger partial charge >= 0.3 is 0 Å². The van der Waals surface area contributed by atoms with E-state index in [0.717, 1.165) is 13.0 Å². The summed E-state index contributed by atoms with van der Waals surface area (Å²) in [5.41, 5.74) is 0. The normalized spacial score (nSPS) is 15.2. The van der Waals surface area contributed by atoms with Crippen LogP contribution in [0.2, 0.25) is 0 Å². The van der Waals surface area contributed by atoms with Crippen LogP contribution in [0.4, 0.5) is 0 Å². The molecule has 2 unspecified atom stereocenters. The monoisotopic (exact) mass is 241 g/mol. The number of nitrogens with one attached hydrogen (secondary N) is 1. The number of hydrogen-bond acceptors (Lipinski definition) is 5. The lowest BCUT2D eigenvalue weighted by molar-refractivity contribution is 0.0555. The SMILES string of the molecule is CCNC(C)Cc1nc(C(OC)C(C)C)no1. The zero-order chi connectivity index (χ0) is 12.8. The van der Waals surface area contributed by atoms with Crippen LogP contribution < -0.4 is 5.32 Å². The average Bonchev–Trinajstić information content (AvgIpc) is 2.67. The van der Waals surface area contributed by atoms with E-state index in [1.807, 2.05) is 0 Å². The van der Waals surface area contributed by atoms with Crippen LogP contribution in [-0.4, -0.2) is 29.8 Å². The lowest BCUT2D eigenvalue weighted by atomic mass is 10.1. The zero-order valence-electron chi connectivity index (χ0n) is 11.4. The number of rotatable bonds is 7. The van der Waals surface area contributed by atoms with E-state index in [9.17, 15) is 0 Å². The molecular weight excluding hydrogens is 218 g/mol. The Morgan fingerprint density at radius 3 is 2.59 bits per heavy atom. The fourth-order valence-corrected chi connectivity index (χ4v) is 1.82. The third-order valence-electron chi connectivity index (χ3n) is 2.63. The topological polar surface area (TPSA) is 60.2 Å². The average molecular weight is 241 g/mol. The Balaban J connectivity index is 2.64. The summed E-state index contributed by atoms with van der Waals surface area (Å²) in [4.78, 5) is 4.38. The van der Waals surface area contributed by atoms with Crippen LogP contribution in [0.25, 0.3) is 0 Å². The molecule has 0 spiro atoms. The Morgan fingerprint density at radius 2 is 2.06 bits per heavy atom. The van der Waals surface area contributed by atoms with Gasteiger partial charge < -0.3 is 14.6 Å².